The maximum Gasteiger partial charge on any atom is 0.307 e. The van der Waals surface area contributed by atoms with Gasteiger partial charge in [-0.3, -0.25) is 14.6 Å². The van der Waals surface area contributed by atoms with Gasteiger partial charge < -0.3 is 9.64 Å². The quantitative estimate of drug-likeness (QED) is 0.796. The highest BCUT2D eigenvalue weighted by Gasteiger charge is 2.20. The summed E-state index contributed by atoms with van der Waals surface area (Å²) >= 11 is 0. The van der Waals surface area contributed by atoms with Crippen LogP contribution in [-0.2, 0) is 9.53 Å². The van der Waals surface area contributed by atoms with Crippen molar-refractivity contribution in [2.75, 3.05) is 18.6 Å². The van der Waals surface area contributed by atoms with Gasteiger partial charge in [-0.15, -0.1) is 0 Å². The van der Waals surface area contributed by atoms with E-state index in [2.05, 4.69) is 9.72 Å². The van der Waals surface area contributed by atoms with E-state index in [1.54, 1.807) is 18.3 Å². The zero-order valence-corrected chi connectivity index (χ0v) is 13.0. The number of carbonyl (C=O) groups excluding carboxylic acids is 2. The second-order valence-corrected chi connectivity index (χ2v) is 5.01. The van der Waals surface area contributed by atoms with Crippen LogP contribution in [0.4, 0.5) is 10.1 Å². The van der Waals surface area contributed by atoms with Crippen molar-refractivity contribution in [1.82, 2.24) is 4.98 Å². The zero-order chi connectivity index (χ0) is 16.8. The minimum atomic E-state index is -0.458. The molecule has 0 aliphatic carbocycles. The van der Waals surface area contributed by atoms with Crippen LogP contribution < -0.4 is 4.90 Å². The third kappa shape index (κ3) is 4.35. The number of aromatic nitrogens is 1. The van der Waals surface area contributed by atoms with Gasteiger partial charge in [0.1, 0.15) is 5.82 Å². The Morgan fingerprint density at radius 1 is 1.26 bits per heavy atom. The highest BCUT2D eigenvalue weighted by atomic mass is 19.1. The molecule has 1 aromatic heterocycles. The fourth-order valence-electron chi connectivity index (χ4n) is 2.12. The Hall–Kier alpha value is -2.76. The molecule has 6 heteroatoms. The van der Waals surface area contributed by atoms with Gasteiger partial charge in [0, 0.05) is 24.6 Å². The van der Waals surface area contributed by atoms with Gasteiger partial charge in [0.2, 0.25) is 0 Å². The van der Waals surface area contributed by atoms with Crippen molar-refractivity contribution in [2.24, 2.45) is 0 Å². The smallest absolute Gasteiger partial charge is 0.307 e. The summed E-state index contributed by atoms with van der Waals surface area (Å²) in [5.41, 5.74) is 1.59. The average Bonchev–Trinajstić information content (AvgIpc) is 2.54. The van der Waals surface area contributed by atoms with Gasteiger partial charge in [0.25, 0.3) is 5.91 Å². The zero-order valence-electron chi connectivity index (χ0n) is 13.0. The molecule has 0 saturated carbocycles. The minimum absolute atomic E-state index is 0.0119. The fraction of sp³-hybridized carbons (Fsp3) is 0.235. The summed E-state index contributed by atoms with van der Waals surface area (Å²) in [6, 6.07) is 7.36. The Balaban J connectivity index is 2.32. The molecule has 1 heterocycles. The van der Waals surface area contributed by atoms with Gasteiger partial charge in [-0.2, -0.15) is 0 Å². The summed E-state index contributed by atoms with van der Waals surface area (Å²) < 4.78 is 18.1. The van der Waals surface area contributed by atoms with Crippen LogP contribution in [0.5, 0.6) is 0 Å². The number of pyridine rings is 1. The first-order chi connectivity index (χ1) is 11.0. The van der Waals surface area contributed by atoms with Gasteiger partial charge >= 0.3 is 5.97 Å². The van der Waals surface area contributed by atoms with E-state index in [1.807, 2.05) is 6.92 Å². The van der Waals surface area contributed by atoms with Gasteiger partial charge in [-0.1, -0.05) is 6.07 Å². The third-order valence-corrected chi connectivity index (χ3v) is 3.25. The molecule has 0 fully saturated rings. The fourth-order valence-corrected chi connectivity index (χ4v) is 2.12. The summed E-state index contributed by atoms with van der Waals surface area (Å²) in [5, 5.41) is 0. The number of ether oxygens (including phenoxy) is 1. The van der Waals surface area contributed by atoms with Crippen LogP contribution in [0.2, 0.25) is 0 Å². The number of methoxy groups -OCH3 is 1. The van der Waals surface area contributed by atoms with E-state index in [0.717, 1.165) is 5.56 Å². The Labute approximate surface area is 133 Å². The Morgan fingerprint density at radius 3 is 2.70 bits per heavy atom. The summed E-state index contributed by atoms with van der Waals surface area (Å²) in [7, 11) is 1.28. The highest BCUT2D eigenvalue weighted by Crippen LogP contribution is 2.19. The number of amides is 1. The van der Waals surface area contributed by atoms with Crippen LogP contribution in [-0.4, -0.2) is 30.5 Å². The van der Waals surface area contributed by atoms with Gasteiger partial charge in [0.05, 0.1) is 19.1 Å². The number of anilines is 1. The SMILES string of the molecule is COC(=O)CCN(C(=O)c1cncc(C)c1)c1cccc(F)c1. The number of esters is 1. The second kappa shape index (κ2) is 7.49. The van der Waals surface area contributed by atoms with Gasteiger partial charge in [0.15, 0.2) is 0 Å². The average molecular weight is 316 g/mol. The number of rotatable bonds is 5. The number of benzene rings is 1. The summed E-state index contributed by atoms with van der Waals surface area (Å²) in [5.74, 6) is -1.25. The van der Waals surface area contributed by atoms with Crippen molar-refractivity contribution in [3.8, 4) is 0 Å². The lowest BCUT2D eigenvalue weighted by atomic mass is 10.1. The molecule has 0 unspecified atom stereocenters. The summed E-state index contributed by atoms with van der Waals surface area (Å²) in [6.45, 7) is 1.91. The number of carbonyl (C=O) groups is 2. The molecule has 0 N–H and O–H groups in total. The first-order valence-corrected chi connectivity index (χ1v) is 7.07. The lowest BCUT2D eigenvalue weighted by molar-refractivity contribution is -0.140. The molecule has 120 valence electrons. The van der Waals surface area contributed by atoms with Crippen LogP contribution in [0.25, 0.3) is 0 Å². The molecule has 0 aliphatic rings. The molecule has 0 radical (unpaired) electrons. The molecule has 0 spiro atoms. The lowest BCUT2D eigenvalue weighted by Crippen LogP contribution is -2.33. The van der Waals surface area contributed by atoms with Crippen molar-refractivity contribution >= 4 is 17.6 Å². The number of halogens is 1. The van der Waals surface area contributed by atoms with Crippen LogP contribution in [0.15, 0.2) is 42.7 Å². The van der Waals surface area contributed by atoms with E-state index in [4.69, 9.17) is 0 Å². The summed E-state index contributed by atoms with van der Waals surface area (Å²) in [6.07, 6.45) is 3.09. The molecule has 1 aromatic carbocycles. The predicted molar refractivity (Wildman–Crippen MR) is 83.7 cm³/mol. The molecular weight excluding hydrogens is 299 g/mol. The van der Waals surface area contributed by atoms with Crippen LogP contribution in [0.3, 0.4) is 0 Å². The number of hydrogen-bond acceptors (Lipinski definition) is 4. The van der Waals surface area contributed by atoms with Gasteiger partial charge in [-0.25, -0.2) is 4.39 Å². The van der Waals surface area contributed by atoms with Crippen LogP contribution in [0, 0.1) is 12.7 Å². The third-order valence-electron chi connectivity index (χ3n) is 3.25. The lowest BCUT2D eigenvalue weighted by Gasteiger charge is -2.22. The largest absolute Gasteiger partial charge is 0.469 e. The maximum atomic E-state index is 13.5. The van der Waals surface area contributed by atoms with Crippen molar-refractivity contribution in [3.05, 3.63) is 59.7 Å². The molecule has 23 heavy (non-hydrogen) atoms. The molecule has 2 aromatic rings. The van der Waals surface area contributed by atoms with Crippen molar-refractivity contribution < 1.29 is 18.7 Å². The van der Waals surface area contributed by atoms with E-state index >= 15 is 0 Å². The number of aryl methyl sites for hydroxylation is 1. The monoisotopic (exact) mass is 316 g/mol. The van der Waals surface area contributed by atoms with E-state index < -0.39 is 11.8 Å². The minimum Gasteiger partial charge on any atom is -0.469 e. The predicted octanol–water partition coefficient (Wildman–Crippen LogP) is 2.74. The molecule has 0 saturated heterocycles. The van der Waals surface area contributed by atoms with Crippen LogP contribution in [0.1, 0.15) is 22.3 Å². The van der Waals surface area contributed by atoms with E-state index in [9.17, 15) is 14.0 Å². The van der Waals surface area contributed by atoms with E-state index in [1.165, 1.54) is 36.4 Å². The van der Waals surface area contributed by atoms with Gasteiger partial charge in [-0.05, 0) is 36.8 Å². The summed E-state index contributed by atoms with van der Waals surface area (Å²) in [4.78, 5) is 29.4. The van der Waals surface area contributed by atoms with Crippen molar-refractivity contribution in [3.63, 3.8) is 0 Å². The molecule has 0 bridgehead atoms. The topological polar surface area (TPSA) is 59.5 Å². The molecule has 5 nitrogen and oxygen atoms in total. The van der Waals surface area contributed by atoms with E-state index in [-0.39, 0.29) is 18.9 Å². The molecule has 0 aliphatic heterocycles. The Bertz CT molecular complexity index is 718. The van der Waals surface area contributed by atoms with Crippen molar-refractivity contribution in [2.45, 2.75) is 13.3 Å². The molecule has 1 amide bonds. The Morgan fingerprint density at radius 2 is 2.04 bits per heavy atom. The number of nitrogens with zero attached hydrogens (tertiary/aromatic N) is 2. The molecule has 2 rings (SSSR count). The van der Waals surface area contributed by atoms with Crippen molar-refractivity contribution in [1.29, 1.82) is 0 Å². The Kier molecular flexibility index (Phi) is 5.41. The second-order valence-electron chi connectivity index (χ2n) is 5.01. The maximum absolute atomic E-state index is 13.5. The standard InChI is InChI=1S/C17H17FN2O3/c1-12-8-13(11-19-10-12)17(22)20(7-6-16(21)23-2)15-5-3-4-14(18)9-15/h3-5,8-11H,6-7H2,1-2H3. The number of hydrogen-bond donors (Lipinski definition) is 0. The highest BCUT2D eigenvalue weighted by molar-refractivity contribution is 6.06. The molecule has 0 atom stereocenters. The molecular formula is C17H17FN2O3. The first-order valence-electron chi connectivity index (χ1n) is 7.07. The normalized spacial score (nSPS) is 10.2. The van der Waals surface area contributed by atoms with E-state index in [0.29, 0.717) is 11.3 Å². The first kappa shape index (κ1) is 16.6. The van der Waals surface area contributed by atoms with Crippen LogP contribution >= 0.6 is 0 Å².